The van der Waals surface area contributed by atoms with E-state index >= 15 is 4.79 Å². The normalized spacial score (nSPS) is 20.4. The van der Waals surface area contributed by atoms with E-state index in [2.05, 4.69) is 15.4 Å². The number of pyridine rings is 1. The Labute approximate surface area is 375 Å². The highest BCUT2D eigenvalue weighted by Crippen LogP contribution is 2.62. The Morgan fingerprint density at radius 3 is 2.32 bits per heavy atom. The molecule has 5 heterocycles. The zero-order chi connectivity index (χ0) is 46.4. The van der Waals surface area contributed by atoms with Crippen molar-refractivity contribution in [3.05, 3.63) is 148 Å². The smallest absolute Gasteiger partial charge is 0.417 e. The van der Waals surface area contributed by atoms with Crippen LogP contribution in [0.3, 0.4) is 0 Å². The maximum atomic E-state index is 15.4. The van der Waals surface area contributed by atoms with E-state index in [1.165, 1.54) is 34.2 Å². The topological polar surface area (TPSA) is 185 Å². The van der Waals surface area contributed by atoms with E-state index in [1.807, 2.05) is 0 Å². The molecule has 2 amide bonds. The number of hydrazine groups is 1. The number of hydrogen-bond donors (Lipinski definition) is 2. The number of rotatable bonds is 9. The van der Waals surface area contributed by atoms with E-state index in [0.29, 0.717) is 67.1 Å². The molecule has 65 heavy (non-hydrogen) atoms. The fraction of sp³-hybridized carbons (Fsp3) is 0.295. The van der Waals surface area contributed by atoms with Crippen LogP contribution in [0.5, 0.6) is 17.2 Å². The lowest BCUT2D eigenvalue weighted by Gasteiger charge is -2.49. The molecule has 2 fully saturated rings. The molecular weight excluding hydrogens is 896 g/mol. The zero-order valence-electron chi connectivity index (χ0n) is 34.8. The molecular formula is C44H37Cl2F3N8O8. The third kappa shape index (κ3) is 6.69. The number of aromatic nitrogens is 6. The third-order valence-corrected chi connectivity index (χ3v) is 13.2. The van der Waals surface area contributed by atoms with Crippen molar-refractivity contribution in [3.8, 4) is 17.2 Å². The van der Waals surface area contributed by atoms with Crippen LogP contribution in [-0.4, -0.2) is 64.6 Å². The zero-order valence-corrected chi connectivity index (χ0v) is 36.3. The molecule has 9 rings (SSSR count). The highest BCUT2D eigenvalue weighted by Gasteiger charge is 2.69. The monoisotopic (exact) mass is 932 g/mol. The van der Waals surface area contributed by atoms with E-state index in [9.17, 15) is 37.5 Å². The number of methoxy groups -OCH3 is 2. The number of alkyl halides is 3. The number of halogens is 5. The number of anilines is 1. The van der Waals surface area contributed by atoms with Crippen LogP contribution < -0.4 is 31.8 Å². The number of allylic oxidation sites excluding steroid dienone is 2. The minimum atomic E-state index is -4.78. The predicted molar refractivity (Wildman–Crippen MR) is 230 cm³/mol. The molecule has 2 aliphatic heterocycles. The van der Waals surface area contributed by atoms with Crippen LogP contribution in [0.4, 0.5) is 19.0 Å². The van der Waals surface area contributed by atoms with Crippen LogP contribution >= 0.6 is 23.2 Å². The van der Waals surface area contributed by atoms with Crippen molar-refractivity contribution < 1.29 is 37.3 Å². The molecule has 2 N–H and O–H groups in total. The van der Waals surface area contributed by atoms with Gasteiger partial charge < -0.3 is 19.1 Å². The van der Waals surface area contributed by atoms with Gasteiger partial charge in [0.25, 0.3) is 17.4 Å². The number of fused-ring (bicyclic) bond motifs is 5. The maximum Gasteiger partial charge on any atom is 0.417 e. The standard InChI is InChI=1S/C44H37Cl2F3N8O8/c1-21-15-22(5-10-33(21)58)36-26-11-14-55-41(62)54(13-12-29-39(60)53(2)32-19-35(65-4)34(64-3)18-30(32)51-29)42(63)57(55)31(26)17-27-38(59)56(40(61)43(27,36)23-6-8-25(45)9-7-23)52-37-28(46)16-24(20-50-37)44(47,48)49/h5-11,15-16,18-20,27,31,36,58H,12-14,17H2,1-4H3,(H,50,52)/t27-,31+,36-,43+/m0/s1. The van der Waals surface area contributed by atoms with Gasteiger partial charge in [-0.2, -0.15) is 18.2 Å². The summed E-state index contributed by atoms with van der Waals surface area (Å²) in [5.41, 5.74) is 0.442. The van der Waals surface area contributed by atoms with Gasteiger partial charge in [-0.1, -0.05) is 53.5 Å². The number of phenolic OH excluding ortho intramolecular Hbond substituents is 1. The molecule has 0 unspecified atom stereocenters. The molecule has 1 aliphatic carbocycles. The molecule has 1 saturated heterocycles. The van der Waals surface area contributed by atoms with Crippen LogP contribution in [0.15, 0.2) is 92.9 Å². The summed E-state index contributed by atoms with van der Waals surface area (Å²) < 4.78 is 56.4. The predicted octanol–water partition coefficient (Wildman–Crippen LogP) is 5.67. The van der Waals surface area contributed by atoms with Crippen LogP contribution in [-0.2, 0) is 47.7 Å². The Morgan fingerprint density at radius 2 is 1.66 bits per heavy atom. The lowest BCUT2D eigenvalue weighted by molar-refractivity contribution is -0.139. The van der Waals surface area contributed by atoms with Gasteiger partial charge in [0.15, 0.2) is 17.3 Å². The highest BCUT2D eigenvalue weighted by molar-refractivity contribution is 6.33. The second-order valence-electron chi connectivity index (χ2n) is 16.0. The second kappa shape index (κ2) is 15.7. The molecule has 3 aromatic carbocycles. The Hall–Kier alpha value is -6.86. The van der Waals surface area contributed by atoms with Gasteiger partial charge in [-0.15, -0.1) is 0 Å². The number of benzene rings is 3. The first kappa shape index (κ1) is 43.4. The number of aryl methyl sites for hydroxylation is 3. The van der Waals surface area contributed by atoms with Crippen molar-refractivity contribution in [3.63, 3.8) is 0 Å². The second-order valence-corrected chi connectivity index (χ2v) is 16.9. The Kier molecular flexibility index (Phi) is 10.5. The van der Waals surface area contributed by atoms with Gasteiger partial charge in [0.05, 0.1) is 59.8 Å². The summed E-state index contributed by atoms with van der Waals surface area (Å²) in [6, 6.07) is 13.9. The van der Waals surface area contributed by atoms with Gasteiger partial charge in [0.1, 0.15) is 11.4 Å². The van der Waals surface area contributed by atoms with Crippen molar-refractivity contribution in [2.45, 2.75) is 56.4 Å². The Bertz CT molecular complexity index is 3220. The molecule has 16 nitrogen and oxygen atoms in total. The lowest BCUT2D eigenvalue weighted by atomic mass is 9.53. The van der Waals surface area contributed by atoms with E-state index in [1.54, 1.807) is 68.6 Å². The number of carbonyl (C=O) groups excluding carboxylic acids is 2. The first-order chi connectivity index (χ1) is 30.9. The number of hydrogen-bond acceptors (Lipinski definition) is 11. The molecule has 3 aliphatic rings. The Morgan fingerprint density at radius 1 is 0.954 bits per heavy atom. The summed E-state index contributed by atoms with van der Waals surface area (Å²) in [6.45, 7) is 1.28. The highest BCUT2D eigenvalue weighted by atomic mass is 35.5. The summed E-state index contributed by atoms with van der Waals surface area (Å²) >= 11 is 12.6. The number of aromatic hydroxyl groups is 1. The number of ether oxygens (including phenoxy) is 2. The number of nitrogens with zero attached hydrogens (tertiary/aromatic N) is 7. The third-order valence-electron chi connectivity index (χ3n) is 12.7. The number of amides is 2. The summed E-state index contributed by atoms with van der Waals surface area (Å²) in [6.07, 6.45) is -2.86. The van der Waals surface area contributed by atoms with Crippen molar-refractivity contribution in [2.24, 2.45) is 13.0 Å². The Balaban J connectivity index is 1.17. The van der Waals surface area contributed by atoms with Crippen molar-refractivity contribution >= 4 is 51.9 Å². The molecule has 0 bridgehead atoms. The summed E-state index contributed by atoms with van der Waals surface area (Å²) in [7, 11) is 4.49. The molecule has 0 spiro atoms. The van der Waals surface area contributed by atoms with Gasteiger partial charge in [-0.25, -0.2) is 33.5 Å². The van der Waals surface area contributed by atoms with Crippen molar-refractivity contribution in [2.75, 3.05) is 19.6 Å². The maximum absolute atomic E-state index is 15.4. The van der Waals surface area contributed by atoms with Crippen LogP contribution in [0.1, 0.15) is 46.3 Å². The molecule has 3 aromatic heterocycles. The minimum Gasteiger partial charge on any atom is -0.508 e. The fourth-order valence-electron chi connectivity index (χ4n) is 9.61. The van der Waals surface area contributed by atoms with Gasteiger partial charge >= 0.3 is 17.6 Å². The molecule has 4 atom stereocenters. The molecule has 336 valence electrons. The minimum absolute atomic E-state index is 0.0484. The first-order valence-electron chi connectivity index (χ1n) is 20.1. The van der Waals surface area contributed by atoms with Gasteiger partial charge in [0, 0.05) is 49.3 Å². The summed E-state index contributed by atoms with van der Waals surface area (Å²) in [4.78, 5) is 81.2. The summed E-state index contributed by atoms with van der Waals surface area (Å²) in [5.74, 6) is -3.66. The molecule has 1 saturated carbocycles. The largest absolute Gasteiger partial charge is 0.508 e. The van der Waals surface area contributed by atoms with E-state index in [0.717, 1.165) is 4.57 Å². The molecule has 6 aromatic rings. The first-order valence-corrected chi connectivity index (χ1v) is 20.8. The fourth-order valence-corrected chi connectivity index (χ4v) is 9.94. The van der Waals surface area contributed by atoms with E-state index < -0.39 is 74.6 Å². The number of carbonyl (C=O) groups is 2. The van der Waals surface area contributed by atoms with Crippen LogP contribution in [0, 0.1) is 12.8 Å². The van der Waals surface area contributed by atoms with Crippen molar-refractivity contribution in [1.29, 1.82) is 0 Å². The number of phenols is 1. The van der Waals surface area contributed by atoms with Crippen molar-refractivity contribution in [1.82, 2.24) is 33.5 Å². The lowest BCUT2D eigenvalue weighted by Crippen LogP contribution is -2.53. The number of imide groups is 1. The average Bonchev–Trinajstić information content (AvgIpc) is 3.65. The molecule has 21 heteroatoms. The van der Waals surface area contributed by atoms with Crippen LogP contribution in [0.2, 0.25) is 10.0 Å². The SMILES string of the molecule is COc1cc2nc(CCn3c(=O)n4n(c3=O)[C@@H]3C[C@H]5C(=O)N(Nc6ncc(C(F)(F)F)cc6Cl)C(=O)[C@@]5(c5ccc(Cl)cc5)[C@@H](c5ccc(O)c(C)c5)C3=CC4)c(=O)n(C)c2cc1OC. The number of nitrogens with one attached hydrogen (secondary N) is 1. The molecule has 0 radical (unpaired) electrons. The quantitative estimate of drug-likeness (QED) is 0.135. The van der Waals surface area contributed by atoms with Crippen LogP contribution in [0.25, 0.3) is 11.0 Å². The van der Waals surface area contributed by atoms with E-state index in [4.69, 9.17) is 32.7 Å². The van der Waals surface area contributed by atoms with E-state index in [-0.39, 0.29) is 37.4 Å². The van der Waals surface area contributed by atoms with Gasteiger partial charge in [0.2, 0.25) is 0 Å². The summed E-state index contributed by atoms with van der Waals surface area (Å²) in [5, 5.41) is 11.1. The average molecular weight is 934 g/mol. The van der Waals surface area contributed by atoms with Gasteiger partial charge in [-0.3, -0.25) is 19.8 Å². The van der Waals surface area contributed by atoms with Gasteiger partial charge in [-0.05, 0) is 59.9 Å².